The minimum absolute atomic E-state index is 0.507. The number of ether oxygens (including phenoxy) is 1. The van der Waals surface area contributed by atoms with Crippen LogP contribution in [0.25, 0.3) is 0 Å². The smallest absolute Gasteiger partial charge is 0.0578 e. The highest BCUT2D eigenvalue weighted by molar-refractivity contribution is 9.09. The summed E-state index contributed by atoms with van der Waals surface area (Å²) in [6.45, 7) is 0.856. The molecule has 1 rings (SSSR count). The van der Waals surface area contributed by atoms with Crippen molar-refractivity contribution in [2.75, 3.05) is 11.9 Å². The Hall–Kier alpha value is 0.180. The first kappa shape index (κ1) is 10.3. The van der Waals surface area contributed by atoms with Crippen LogP contribution in [0.2, 0.25) is 0 Å². The van der Waals surface area contributed by atoms with Gasteiger partial charge < -0.3 is 4.74 Å². The summed E-state index contributed by atoms with van der Waals surface area (Å²) in [6.07, 6.45) is 11.2. The lowest BCUT2D eigenvalue weighted by Crippen LogP contribution is -2.14. The van der Waals surface area contributed by atoms with Gasteiger partial charge in [-0.3, -0.25) is 0 Å². The number of allylic oxidation sites excluding steroid dienone is 2. The monoisotopic (exact) mass is 232 g/mol. The van der Waals surface area contributed by atoms with Crippen molar-refractivity contribution < 1.29 is 4.74 Å². The van der Waals surface area contributed by atoms with Crippen LogP contribution in [-0.2, 0) is 4.74 Å². The number of alkyl halides is 1. The SMILES string of the molecule is BrCCOC1CC/C=C/CCC1. The zero-order chi connectivity index (χ0) is 8.65. The normalized spacial score (nSPS) is 27.6. The molecule has 0 bridgehead atoms. The Labute approximate surface area is 83.3 Å². The van der Waals surface area contributed by atoms with E-state index in [0.29, 0.717) is 6.10 Å². The van der Waals surface area contributed by atoms with Crippen molar-refractivity contribution in [2.45, 2.75) is 38.2 Å². The summed E-state index contributed by atoms with van der Waals surface area (Å²) in [5, 5.41) is 0.958. The Balaban J connectivity index is 2.18. The fourth-order valence-electron chi connectivity index (χ4n) is 1.50. The molecule has 70 valence electrons. The first-order chi connectivity index (χ1) is 5.93. The second-order valence-corrected chi connectivity index (χ2v) is 3.95. The molecule has 1 aliphatic rings. The molecule has 1 atom stereocenters. The van der Waals surface area contributed by atoms with E-state index in [4.69, 9.17) is 4.74 Å². The van der Waals surface area contributed by atoms with E-state index in [1.165, 1.54) is 32.1 Å². The van der Waals surface area contributed by atoms with Crippen LogP contribution in [0.3, 0.4) is 0 Å². The molecule has 0 aliphatic heterocycles. The molecule has 1 nitrogen and oxygen atoms in total. The van der Waals surface area contributed by atoms with Crippen molar-refractivity contribution in [2.24, 2.45) is 0 Å². The minimum Gasteiger partial charge on any atom is -0.377 e. The van der Waals surface area contributed by atoms with Crippen molar-refractivity contribution in [1.82, 2.24) is 0 Å². The van der Waals surface area contributed by atoms with Gasteiger partial charge in [-0.15, -0.1) is 0 Å². The zero-order valence-corrected chi connectivity index (χ0v) is 9.05. The molecule has 0 saturated carbocycles. The van der Waals surface area contributed by atoms with Gasteiger partial charge >= 0.3 is 0 Å². The van der Waals surface area contributed by atoms with E-state index in [2.05, 4.69) is 28.1 Å². The molecule has 0 amide bonds. The van der Waals surface area contributed by atoms with Gasteiger partial charge in [0.2, 0.25) is 0 Å². The summed E-state index contributed by atoms with van der Waals surface area (Å²) in [5.41, 5.74) is 0. The van der Waals surface area contributed by atoms with Crippen molar-refractivity contribution in [1.29, 1.82) is 0 Å². The first-order valence-corrected chi connectivity index (χ1v) is 5.88. The van der Waals surface area contributed by atoms with Crippen LogP contribution in [0.4, 0.5) is 0 Å². The molecular formula is C10H17BrO. The number of hydrogen-bond acceptors (Lipinski definition) is 1. The lowest BCUT2D eigenvalue weighted by molar-refractivity contribution is 0.0518. The lowest BCUT2D eigenvalue weighted by atomic mass is 10.0. The van der Waals surface area contributed by atoms with Gasteiger partial charge in [0.1, 0.15) is 0 Å². The molecule has 0 aromatic heterocycles. The molecule has 0 spiro atoms. The second-order valence-electron chi connectivity index (χ2n) is 3.16. The maximum absolute atomic E-state index is 5.69. The van der Waals surface area contributed by atoms with Gasteiger partial charge in [0.25, 0.3) is 0 Å². The van der Waals surface area contributed by atoms with Crippen LogP contribution in [0.15, 0.2) is 12.2 Å². The average molecular weight is 233 g/mol. The third-order valence-corrected chi connectivity index (χ3v) is 2.47. The Morgan fingerprint density at radius 2 is 2.08 bits per heavy atom. The van der Waals surface area contributed by atoms with Crippen LogP contribution in [0, 0.1) is 0 Å². The van der Waals surface area contributed by atoms with Crippen LogP contribution in [-0.4, -0.2) is 18.0 Å². The molecule has 0 aromatic carbocycles. The average Bonchev–Trinajstić information content (AvgIpc) is 2.02. The summed E-state index contributed by atoms with van der Waals surface area (Å²) >= 11 is 3.37. The maximum atomic E-state index is 5.69. The first-order valence-electron chi connectivity index (χ1n) is 4.76. The summed E-state index contributed by atoms with van der Waals surface area (Å²) in [6, 6.07) is 0. The molecule has 0 N–H and O–H groups in total. The minimum atomic E-state index is 0.507. The van der Waals surface area contributed by atoms with Gasteiger partial charge in [-0.2, -0.15) is 0 Å². The Morgan fingerprint density at radius 1 is 1.25 bits per heavy atom. The predicted molar refractivity (Wildman–Crippen MR) is 55.8 cm³/mol. The molecule has 1 aliphatic carbocycles. The molecule has 0 heterocycles. The molecule has 0 radical (unpaired) electrons. The summed E-state index contributed by atoms with van der Waals surface area (Å²) in [5.74, 6) is 0. The highest BCUT2D eigenvalue weighted by atomic mass is 79.9. The van der Waals surface area contributed by atoms with Gasteiger partial charge in [-0.1, -0.05) is 28.1 Å². The van der Waals surface area contributed by atoms with E-state index in [0.717, 1.165) is 11.9 Å². The van der Waals surface area contributed by atoms with Crippen molar-refractivity contribution in [3.05, 3.63) is 12.2 Å². The summed E-state index contributed by atoms with van der Waals surface area (Å²) in [4.78, 5) is 0. The third-order valence-electron chi connectivity index (χ3n) is 2.15. The molecule has 0 saturated heterocycles. The van der Waals surface area contributed by atoms with Gasteiger partial charge in [-0.05, 0) is 32.1 Å². The highest BCUT2D eigenvalue weighted by Crippen LogP contribution is 2.15. The van der Waals surface area contributed by atoms with E-state index >= 15 is 0 Å². The number of hydrogen-bond donors (Lipinski definition) is 0. The van der Waals surface area contributed by atoms with E-state index in [9.17, 15) is 0 Å². The second kappa shape index (κ2) is 6.67. The van der Waals surface area contributed by atoms with Crippen LogP contribution < -0.4 is 0 Å². The highest BCUT2D eigenvalue weighted by Gasteiger charge is 2.08. The topological polar surface area (TPSA) is 9.23 Å². The van der Waals surface area contributed by atoms with E-state index in [-0.39, 0.29) is 0 Å². The van der Waals surface area contributed by atoms with Gasteiger partial charge in [0.05, 0.1) is 12.7 Å². The van der Waals surface area contributed by atoms with E-state index in [1.807, 2.05) is 0 Å². The maximum Gasteiger partial charge on any atom is 0.0578 e. The molecule has 12 heavy (non-hydrogen) atoms. The van der Waals surface area contributed by atoms with Crippen molar-refractivity contribution >= 4 is 15.9 Å². The van der Waals surface area contributed by atoms with E-state index in [1.54, 1.807) is 0 Å². The van der Waals surface area contributed by atoms with Crippen LogP contribution >= 0.6 is 15.9 Å². The van der Waals surface area contributed by atoms with Crippen molar-refractivity contribution in [3.8, 4) is 0 Å². The molecule has 0 fully saturated rings. The van der Waals surface area contributed by atoms with Gasteiger partial charge in [0, 0.05) is 5.33 Å². The number of rotatable bonds is 3. The zero-order valence-electron chi connectivity index (χ0n) is 7.47. The predicted octanol–water partition coefficient (Wildman–Crippen LogP) is 3.29. The summed E-state index contributed by atoms with van der Waals surface area (Å²) < 4.78 is 5.69. The van der Waals surface area contributed by atoms with Gasteiger partial charge in [-0.25, -0.2) is 0 Å². The van der Waals surface area contributed by atoms with Crippen LogP contribution in [0.1, 0.15) is 32.1 Å². The standard InChI is InChI=1S/C10H17BrO/c11-8-9-12-10-6-4-2-1-3-5-7-10/h1-2,10H,3-9H2/b2-1+. The molecule has 2 heteroatoms. The Bertz CT molecular complexity index is 134. The van der Waals surface area contributed by atoms with Gasteiger partial charge in [0.15, 0.2) is 0 Å². The summed E-state index contributed by atoms with van der Waals surface area (Å²) in [7, 11) is 0. The molecule has 1 unspecified atom stereocenters. The molecular weight excluding hydrogens is 216 g/mol. The Kier molecular flexibility index (Phi) is 5.70. The largest absolute Gasteiger partial charge is 0.377 e. The Morgan fingerprint density at radius 3 is 2.92 bits per heavy atom. The van der Waals surface area contributed by atoms with Crippen molar-refractivity contribution in [3.63, 3.8) is 0 Å². The quantitative estimate of drug-likeness (QED) is 0.537. The third kappa shape index (κ3) is 4.27. The molecule has 0 aromatic rings. The van der Waals surface area contributed by atoms with Crippen LogP contribution in [0.5, 0.6) is 0 Å². The fraction of sp³-hybridized carbons (Fsp3) is 0.800. The lowest BCUT2D eigenvalue weighted by Gasteiger charge is -2.17. The fourth-order valence-corrected chi connectivity index (χ4v) is 1.69. The van der Waals surface area contributed by atoms with E-state index < -0.39 is 0 Å². The number of halogens is 1.